The number of carbonyl (C=O) groups is 3. The van der Waals surface area contributed by atoms with Gasteiger partial charge in [-0.05, 0) is 13.8 Å². The predicted octanol–water partition coefficient (Wildman–Crippen LogP) is -0.599. The van der Waals surface area contributed by atoms with E-state index in [9.17, 15) is 14.4 Å². The van der Waals surface area contributed by atoms with Crippen molar-refractivity contribution < 1.29 is 19.1 Å². The van der Waals surface area contributed by atoms with Crippen molar-refractivity contribution in [2.24, 2.45) is 5.41 Å². The molecule has 0 saturated carbocycles. The second-order valence-electron chi connectivity index (χ2n) is 6.73. The predicted molar refractivity (Wildman–Crippen MR) is 83.8 cm³/mol. The molecule has 8 heteroatoms. The van der Waals surface area contributed by atoms with E-state index < -0.39 is 5.41 Å². The highest BCUT2D eigenvalue weighted by atomic mass is 16.5. The molecule has 2 N–H and O–H groups in total. The van der Waals surface area contributed by atoms with Crippen LogP contribution in [0.15, 0.2) is 0 Å². The Balaban J connectivity index is 2.16. The van der Waals surface area contributed by atoms with Crippen LogP contribution in [-0.2, 0) is 14.3 Å². The molecule has 8 nitrogen and oxygen atoms in total. The Morgan fingerprint density at radius 2 is 1.96 bits per heavy atom. The summed E-state index contributed by atoms with van der Waals surface area (Å²) in [6.07, 6.45) is 0.329. The number of carbonyl (C=O) groups excluding carboxylic acids is 3. The van der Waals surface area contributed by atoms with Crippen LogP contribution >= 0.6 is 0 Å². The first-order valence-electron chi connectivity index (χ1n) is 7.94. The Kier molecular flexibility index (Phi) is 5.46. The molecule has 1 atom stereocenters. The van der Waals surface area contributed by atoms with Crippen LogP contribution in [0.25, 0.3) is 0 Å². The summed E-state index contributed by atoms with van der Waals surface area (Å²) in [7, 11) is 1.48. The van der Waals surface area contributed by atoms with Crippen LogP contribution in [0.1, 0.15) is 20.3 Å². The standard InChI is InChI=1S/C15H26N4O4/c1-11(2)17-14(22)19-5-4-18(13(21)7-23-3)9-15(10-19)6-12(20)16-8-15/h11H,4-10H2,1-3H3,(H,16,20)(H,17,22). The minimum absolute atomic E-state index is 0.00957. The second kappa shape index (κ2) is 7.16. The summed E-state index contributed by atoms with van der Waals surface area (Å²) in [6.45, 7) is 6.11. The maximum absolute atomic E-state index is 12.4. The molecule has 23 heavy (non-hydrogen) atoms. The van der Waals surface area contributed by atoms with Crippen LogP contribution in [-0.4, -0.2) is 80.1 Å². The quantitative estimate of drug-likeness (QED) is 0.725. The van der Waals surface area contributed by atoms with Crippen molar-refractivity contribution in [1.29, 1.82) is 0 Å². The van der Waals surface area contributed by atoms with Gasteiger partial charge in [-0.2, -0.15) is 0 Å². The monoisotopic (exact) mass is 326 g/mol. The molecule has 0 radical (unpaired) electrons. The van der Waals surface area contributed by atoms with Crippen molar-refractivity contribution in [2.75, 3.05) is 46.4 Å². The Hall–Kier alpha value is -1.83. The van der Waals surface area contributed by atoms with E-state index in [0.717, 1.165) is 0 Å². The summed E-state index contributed by atoms with van der Waals surface area (Å²) in [5, 5.41) is 5.71. The molecule has 2 rings (SSSR count). The van der Waals surface area contributed by atoms with Crippen LogP contribution in [0.5, 0.6) is 0 Å². The first kappa shape index (κ1) is 17.5. The van der Waals surface area contributed by atoms with Gasteiger partial charge in [-0.3, -0.25) is 9.59 Å². The van der Waals surface area contributed by atoms with Crippen molar-refractivity contribution >= 4 is 17.8 Å². The molecule has 0 aromatic heterocycles. The molecule has 2 saturated heterocycles. The van der Waals surface area contributed by atoms with Crippen molar-refractivity contribution in [3.05, 3.63) is 0 Å². The fraction of sp³-hybridized carbons (Fsp3) is 0.800. The van der Waals surface area contributed by atoms with Gasteiger partial charge >= 0.3 is 6.03 Å². The number of ether oxygens (including phenoxy) is 1. The summed E-state index contributed by atoms with van der Waals surface area (Å²) < 4.78 is 4.93. The third kappa shape index (κ3) is 4.34. The molecule has 4 amide bonds. The Bertz CT molecular complexity index is 482. The molecule has 130 valence electrons. The zero-order valence-corrected chi connectivity index (χ0v) is 14.1. The van der Waals surface area contributed by atoms with Crippen LogP contribution < -0.4 is 10.6 Å². The van der Waals surface area contributed by atoms with E-state index in [1.54, 1.807) is 9.80 Å². The first-order valence-corrected chi connectivity index (χ1v) is 7.94. The third-order valence-corrected chi connectivity index (χ3v) is 4.21. The van der Waals surface area contributed by atoms with Gasteiger partial charge in [0.1, 0.15) is 6.61 Å². The van der Waals surface area contributed by atoms with Crippen molar-refractivity contribution in [2.45, 2.75) is 26.3 Å². The SMILES string of the molecule is COCC(=O)N1CCN(C(=O)NC(C)C)CC2(CNC(=O)C2)C1. The number of urea groups is 1. The number of amides is 4. The van der Waals surface area contributed by atoms with Crippen molar-refractivity contribution in [3.8, 4) is 0 Å². The van der Waals surface area contributed by atoms with E-state index in [-0.39, 0.29) is 30.5 Å². The van der Waals surface area contributed by atoms with E-state index >= 15 is 0 Å². The lowest BCUT2D eigenvalue weighted by Gasteiger charge is -2.32. The molecule has 0 aliphatic carbocycles. The fourth-order valence-electron chi connectivity index (χ4n) is 3.17. The summed E-state index contributed by atoms with van der Waals surface area (Å²) in [5.74, 6) is -0.146. The first-order chi connectivity index (χ1) is 10.8. The highest BCUT2D eigenvalue weighted by molar-refractivity contribution is 5.81. The molecular weight excluding hydrogens is 300 g/mol. The van der Waals surface area contributed by atoms with Crippen LogP contribution in [0.2, 0.25) is 0 Å². The normalized spacial score (nSPS) is 24.8. The van der Waals surface area contributed by atoms with Crippen molar-refractivity contribution in [3.63, 3.8) is 0 Å². The zero-order valence-electron chi connectivity index (χ0n) is 14.1. The number of nitrogens with one attached hydrogen (secondary N) is 2. The summed E-state index contributed by atoms with van der Waals surface area (Å²) in [5.41, 5.74) is -0.425. The van der Waals surface area contributed by atoms with Crippen LogP contribution in [0.3, 0.4) is 0 Å². The number of hydrogen-bond donors (Lipinski definition) is 2. The third-order valence-electron chi connectivity index (χ3n) is 4.21. The molecule has 1 unspecified atom stereocenters. The lowest BCUT2D eigenvalue weighted by molar-refractivity contribution is -0.136. The van der Waals surface area contributed by atoms with Gasteiger partial charge in [0.05, 0.1) is 0 Å². The van der Waals surface area contributed by atoms with Gasteiger partial charge in [0.2, 0.25) is 11.8 Å². The molecule has 2 heterocycles. The van der Waals surface area contributed by atoms with E-state index in [0.29, 0.717) is 39.1 Å². The number of rotatable bonds is 3. The minimum Gasteiger partial charge on any atom is -0.375 e. The van der Waals surface area contributed by atoms with Gasteiger partial charge in [0.15, 0.2) is 0 Å². The van der Waals surface area contributed by atoms with Gasteiger partial charge in [0, 0.05) is 57.7 Å². The van der Waals surface area contributed by atoms with Gasteiger partial charge in [-0.25, -0.2) is 4.79 Å². The van der Waals surface area contributed by atoms with E-state index in [1.165, 1.54) is 7.11 Å². The zero-order chi connectivity index (χ0) is 17.0. The molecular formula is C15H26N4O4. The lowest BCUT2D eigenvalue weighted by Crippen LogP contribution is -2.49. The van der Waals surface area contributed by atoms with Gasteiger partial charge in [-0.1, -0.05) is 0 Å². The fourth-order valence-corrected chi connectivity index (χ4v) is 3.17. The Morgan fingerprint density at radius 1 is 1.30 bits per heavy atom. The minimum atomic E-state index is -0.425. The molecule has 1 spiro atoms. The molecule has 2 aliphatic heterocycles. The van der Waals surface area contributed by atoms with E-state index in [1.807, 2.05) is 13.8 Å². The number of methoxy groups -OCH3 is 1. The smallest absolute Gasteiger partial charge is 0.317 e. The molecule has 0 aromatic carbocycles. The lowest BCUT2D eigenvalue weighted by atomic mass is 9.86. The van der Waals surface area contributed by atoms with E-state index in [2.05, 4.69) is 10.6 Å². The number of hydrogen-bond acceptors (Lipinski definition) is 4. The second-order valence-corrected chi connectivity index (χ2v) is 6.73. The summed E-state index contributed by atoms with van der Waals surface area (Å²) in [6, 6.07) is -0.115. The van der Waals surface area contributed by atoms with Crippen molar-refractivity contribution in [1.82, 2.24) is 20.4 Å². The molecule has 0 bridgehead atoms. The molecule has 2 fully saturated rings. The van der Waals surface area contributed by atoms with Gasteiger partial charge in [0.25, 0.3) is 0 Å². The van der Waals surface area contributed by atoms with Gasteiger partial charge in [-0.15, -0.1) is 0 Å². The average Bonchev–Trinajstić information content (AvgIpc) is 2.71. The Morgan fingerprint density at radius 3 is 2.52 bits per heavy atom. The largest absolute Gasteiger partial charge is 0.375 e. The number of nitrogens with zero attached hydrogens (tertiary/aromatic N) is 2. The van der Waals surface area contributed by atoms with E-state index in [4.69, 9.17) is 4.74 Å². The summed E-state index contributed by atoms with van der Waals surface area (Å²) in [4.78, 5) is 39.7. The van der Waals surface area contributed by atoms with Gasteiger partial charge < -0.3 is 25.2 Å². The Labute approximate surface area is 136 Å². The topological polar surface area (TPSA) is 91.0 Å². The highest BCUT2D eigenvalue weighted by Gasteiger charge is 2.44. The molecule has 0 aromatic rings. The van der Waals surface area contributed by atoms with Crippen LogP contribution in [0.4, 0.5) is 4.79 Å². The maximum atomic E-state index is 12.4. The molecule has 2 aliphatic rings. The summed E-state index contributed by atoms with van der Waals surface area (Å²) >= 11 is 0. The van der Waals surface area contributed by atoms with Crippen LogP contribution in [0, 0.1) is 5.41 Å². The maximum Gasteiger partial charge on any atom is 0.317 e. The highest BCUT2D eigenvalue weighted by Crippen LogP contribution is 2.30. The average molecular weight is 326 g/mol.